The summed E-state index contributed by atoms with van der Waals surface area (Å²) < 4.78 is 9.55. The molecule has 0 atom stereocenters. The monoisotopic (exact) mass is 194 g/mol. The Morgan fingerprint density at radius 1 is 1.64 bits per heavy atom. The average molecular weight is 194 g/mol. The van der Waals surface area contributed by atoms with Crippen molar-refractivity contribution < 1.29 is 14.1 Å². The Balaban J connectivity index is 2.76. The first-order valence-electron chi connectivity index (χ1n) is 4.02. The van der Waals surface area contributed by atoms with Gasteiger partial charge < -0.3 is 9.26 Å². The third kappa shape index (κ3) is 2.59. The van der Waals surface area contributed by atoms with Crippen LogP contribution in [-0.2, 0) is 4.74 Å². The van der Waals surface area contributed by atoms with E-state index in [0.717, 1.165) is 0 Å². The van der Waals surface area contributed by atoms with E-state index in [4.69, 9.17) is 10.00 Å². The van der Waals surface area contributed by atoms with Crippen LogP contribution >= 0.6 is 0 Å². The second-order valence-electron chi connectivity index (χ2n) is 3.69. The van der Waals surface area contributed by atoms with Gasteiger partial charge in [0, 0.05) is 6.07 Å². The molecule has 0 saturated carbocycles. The van der Waals surface area contributed by atoms with E-state index in [0.29, 0.717) is 0 Å². The van der Waals surface area contributed by atoms with Gasteiger partial charge in [-0.3, -0.25) is 0 Å². The van der Waals surface area contributed by atoms with Crippen LogP contribution in [0.4, 0.5) is 0 Å². The Morgan fingerprint density at radius 2 is 2.29 bits per heavy atom. The van der Waals surface area contributed by atoms with Crippen molar-refractivity contribution in [1.29, 1.82) is 5.26 Å². The SMILES string of the molecule is CC(C)(C)OC(=O)c1cc(C#N)on1. The molecule has 0 unspecified atom stereocenters. The van der Waals surface area contributed by atoms with Crippen LogP contribution in [0.2, 0.25) is 0 Å². The molecule has 74 valence electrons. The third-order valence-corrected chi connectivity index (χ3v) is 1.23. The molecule has 0 N–H and O–H groups in total. The minimum Gasteiger partial charge on any atom is -0.455 e. The van der Waals surface area contributed by atoms with Crippen molar-refractivity contribution in [2.24, 2.45) is 0 Å². The molecule has 14 heavy (non-hydrogen) atoms. The molecular weight excluding hydrogens is 184 g/mol. The summed E-state index contributed by atoms with van der Waals surface area (Å²) in [7, 11) is 0. The molecule has 1 aromatic heterocycles. The van der Waals surface area contributed by atoms with Crippen molar-refractivity contribution in [2.75, 3.05) is 0 Å². The van der Waals surface area contributed by atoms with E-state index in [1.165, 1.54) is 6.07 Å². The highest BCUT2D eigenvalue weighted by atomic mass is 16.6. The second kappa shape index (κ2) is 3.50. The smallest absolute Gasteiger partial charge is 0.361 e. The maximum Gasteiger partial charge on any atom is 0.361 e. The number of ether oxygens (including phenoxy) is 1. The summed E-state index contributed by atoms with van der Waals surface area (Å²) in [6.07, 6.45) is 0. The molecule has 0 aliphatic rings. The number of nitriles is 1. The molecule has 0 aromatic carbocycles. The summed E-state index contributed by atoms with van der Waals surface area (Å²) >= 11 is 0. The highest BCUT2D eigenvalue weighted by Gasteiger charge is 2.20. The van der Waals surface area contributed by atoms with E-state index < -0.39 is 11.6 Å². The van der Waals surface area contributed by atoms with E-state index in [1.807, 2.05) is 0 Å². The fourth-order valence-corrected chi connectivity index (χ4v) is 0.754. The van der Waals surface area contributed by atoms with Crippen LogP contribution < -0.4 is 0 Å². The van der Waals surface area contributed by atoms with E-state index in [1.54, 1.807) is 26.8 Å². The van der Waals surface area contributed by atoms with E-state index in [-0.39, 0.29) is 11.5 Å². The van der Waals surface area contributed by atoms with Crippen molar-refractivity contribution in [1.82, 2.24) is 5.16 Å². The molecule has 1 heterocycles. The predicted molar refractivity (Wildman–Crippen MR) is 46.4 cm³/mol. The van der Waals surface area contributed by atoms with Crippen LogP contribution in [0, 0.1) is 11.3 Å². The fraction of sp³-hybridized carbons (Fsp3) is 0.444. The second-order valence-corrected chi connectivity index (χ2v) is 3.69. The summed E-state index contributed by atoms with van der Waals surface area (Å²) in [6, 6.07) is 2.97. The standard InChI is InChI=1S/C9H10N2O3/c1-9(2,3)13-8(12)7-4-6(5-10)14-11-7/h4H,1-3H3. The van der Waals surface area contributed by atoms with Crippen molar-refractivity contribution in [3.8, 4) is 6.07 Å². The van der Waals surface area contributed by atoms with Crippen molar-refractivity contribution >= 4 is 5.97 Å². The van der Waals surface area contributed by atoms with Gasteiger partial charge in [0.1, 0.15) is 11.7 Å². The van der Waals surface area contributed by atoms with Crippen molar-refractivity contribution in [3.63, 3.8) is 0 Å². The zero-order valence-corrected chi connectivity index (χ0v) is 8.20. The number of esters is 1. The molecule has 0 radical (unpaired) electrons. The molecular formula is C9H10N2O3. The van der Waals surface area contributed by atoms with Crippen LogP contribution in [0.3, 0.4) is 0 Å². The molecule has 5 nitrogen and oxygen atoms in total. The van der Waals surface area contributed by atoms with Crippen LogP contribution in [0.5, 0.6) is 0 Å². The topological polar surface area (TPSA) is 76.1 Å². The molecule has 0 amide bonds. The Morgan fingerprint density at radius 3 is 2.71 bits per heavy atom. The van der Waals surface area contributed by atoms with Gasteiger partial charge in [-0.15, -0.1) is 0 Å². The van der Waals surface area contributed by atoms with Crippen LogP contribution in [0.25, 0.3) is 0 Å². The largest absolute Gasteiger partial charge is 0.455 e. The zero-order valence-electron chi connectivity index (χ0n) is 8.20. The summed E-state index contributed by atoms with van der Waals surface area (Å²) in [4.78, 5) is 11.3. The van der Waals surface area contributed by atoms with Gasteiger partial charge in [0.05, 0.1) is 0 Å². The van der Waals surface area contributed by atoms with Crippen LogP contribution in [-0.4, -0.2) is 16.7 Å². The van der Waals surface area contributed by atoms with Gasteiger partial charge in [0.25, 0.3) is 0 Å². The van der Waals surface area contributed by atoms with Gasteiger partial charge in [-0.1, -0.05) is 5.16 Å². The number of hydrogen-bond acceptors (Lipinski definition) is 5. The van der Waals surface area contributed by atoms with Gasteiger partial charge in [0.2, 0.25) is 5.76 Å². The Bertz CT molecular complexity index is 381. The highest BCUT2D eigenvalue weighted by molar-refractivity contribution is 5.87. The lowest BCUT2D eigenvalue weighted by Gasteiger charge is -2.18. The van der Waals surface area contributed by atoms with Gasteiger partial charge in [-0.05, 0) is 20.8 Å². The minimum atomic E-state index is -0.595. The summed E-state index contributed by atoms with van der Waals surface area (Å²) in [6.45, 7) is 5.24. The van der Waals surface area contributed by atoms with Crippen LogP contribution in [0.1, 0.15) is 37.0 Å². The Kier molecular flexibility index (Phi) is 2.56. The Labute approximate surface area is 81.3 Å². The molecule has 0 fully saturated rings. The minimum absolute atomic E-state index is 0.00846. The van der Waals surface area contributed by atoms with Gasteiger partial charge in [0.15, 0.2) is 5.69 Å². The number of hydrogen-bond donors (Lipinski definition) is 0. The summed E-state index contributed by atoms with van der Waals surface area (Å²) in [5.74, 6) is -0.603. The first kappa shape index (κ1) is 10.3. The number of nitrogens with zero attached hydrogens (tertiary/aromatic N) is 2. The van der Waals surface area contributed by atoms with Crippen molar-refractivity contribution in [3.05, 3.63) is 17.5 Å². The lowest BCUT2D eigenvalue weighted by molar-refractivity contribution is 0.00588. The lowest BCUT2D eigenvalue weighted by atomic mass is 10.2. The number of rotatable bonds is 1. The summed E-state index contributed by atoms with van der Waals surface area (Å²) in [5, 5.41) is 11.8. The van der Waals surface area contributed by atoms with E-state index in [9.17, 15) is 4.79 Å². The lowest BCUT2D eigenvalue weighted by Crippen LogP contribution is -2.24. The molecule has 0 aliphatic carbocycles. The van der Waals surface area contributed by atoms with Gasteiger partial charge >= 0.3 is 5.97 Å². The molecule has 1 rings (SSSR count). The van der Waals surface area contributed by atoms with Gasteiger partial charge in [-0.25, -0.2) is 4.79 Å². The molecule has 0 spiro atoms. The molecule has 0 bridgehead atoms. The molecule has 1 aromatic rings. The quantitative estimate of drug-likeness (QED) is 0.633. The number of carbonyl (C=O) groups excluding carboxylic acids is 1. The molecule has 0 saturated heterocycles. The Hall–Kier alpha value is -1.83. The maximum absolute atomic E-state index is 11.3. The first-order chi connectivity index (χ1) is 6.42. The van der Waals surface area contributed by atoms with E-state index in [2.05, 4.69) is 9.68 Å². The first-order valence-corrected chi connectivity index (χ1v) is 4.02. The number of aromatic nitrogens is 1. The van der Waals surface area contributed by atoms with Crippen molar-refractivity contribution in [2.45, 2.75) is 26.4 Å². The van der Waals surface area contributed by atoms with Crippen LogP contribution in [0.15, 0.2) is 10.6 Å². The molecule has 5 heteroatoms. The average Bonchev–Trinajstić information content (AvgIpc) is 2.48. The highest BCUT2D eigenvalue weighted by Crippen LogP contribution is 2.11. The fourth-order valence-electron chi connectivity index (χ4n) is 0.754. The third-order valence-electron chi connectivity index (χ3n) is 1.23. The predicted octanol–water partition coefficient (Wildman–Crippen LogP) is 1.50. The normalized spacial score (nSPS) is 10.7. The van der Waals surface area contributed by atoms with Gasteiger partial charge in [-0.2, -0.15) is 5.26 Å². The number of carbonyl (C=O) groups is 1. The molecule has 0 aliphatic heterocycles. The van der Waals surface area contributed by atoms with E-state index >= 15 is 0 Å². The zero-order chi connectivity index (χ0) is 10.8. The maximum atomic E-state index is 11.3. The summed E-state index contributed by atoms with van der Waals surface area (Å²) in [5.41, 5.74) is -0.570.